The van der Waals surface area contributed by atoms with Crippen LogP contribution in [0.5, 0.6) is 0 Å². The first-order chi connectivity index (χ1) is 19.3. The summed E-state index contributed by atoms with van der Waals surface area (Å²) in [5, 5.41) is 27.5. The minimum Gasteiger partial charge on any atom is -0.478 e. The number of thioether (sulfide) groups is 1. The third-order valence-corrected chi connectivity index (χ3v) is 7.81. The average Bonchev–Trinajstić information content (AvgIpc) is 3.27. The van der Waals surface area contributed by atoms with E-state index in [9.17, 15) is 29.5 Å². The summed E-state index contributed by atoms with van der Waals surface area (Å²) >= 11 is 2.24. The van der Waals surface area contributed by atoms with Gasteiger partial charge in [0.05, 0.1) is 27.3 Å². The molecular formula is C29H22N4O5S2. The fourth-order valence-corrected chi connectivity index (χ4v) is 5.53. The molecule has 0 aliphatic rings. The number of carbonyl (C=O) groups is 4. The predicted octanol–water partition coefficient (Wildman–Crippen LogP) is 5.86. The number of nitrogens with one attached hydrogen (secondary N) is 3. The molecule has 3 aromatic carbocycles. The number of para-hydroxylation sites is 1. The molecule has 0 aliphatic carbocycles. The predicted molar refractivity (Wildman–Crippen MR) is 155 cm³/mol. The fraction of sp³-hybridized carbons (Fsp3) is 0.0690. The number of carboxylic acids is 1. The van der Waals surface area contributed by atoms with Crippen molar-refractivity contribution in [2.45, 2.75) is 11.8 Å². The van der Waals surface area contributed by atoms with Crippen LogP contribution in [-0.2, 0) is 4.79 Å². The van der Waals surface area contributed by atoms with E-state index in [1.807, 2.05) is 6.07 Å². The molecule has 0 unspecified atom stereocenters. The molecule has 1 aromatic heterocycles. The van der Waals surface area contributed by atoms with E-state index in [1.54, 1.807) is 67.6 Å². The van der Waals surface area contributed by atoms with Crippen molar-refractivity contribution in [1.82, 2.24) is 0 Å². The van der Waals surface area contributed by atoms with Crippen LogP contribution in [0, 0.1) is 18.3 Å². The zero-order valence-electron chi connectivity index (χ0n) is 21.1. The summed E-state index contributed by atoms with van der Waals surface area (Å²) in [7, 11) is 0. The van der Waals surface area contributed by atoms with Crippen LogP contribution >= 0.6 is 23.1 Å². The highest BCUT2D eigenvalue weighted by molar-refractivity contribution is 8.00. The van der Waals surface area contributed by atoms with Gasteiger partial charge in [0.1, 0.15) is 11.1 Å². The summed E-state index contributed by atoms with van der Waals surface area (Å²) in [6, 6.07) is 23.7. The average molecular weight is 571 g/mol. The Bertz CT molecular complexity index is 1640. The van der Waals surface area contributed by atoms with Crippen molar-refractivity contribution in [2.24, 2.45) is 0 Å². The molecule has 0 radical (unpaired) electrons. The second-order valence-electron chi connectivity index (χ2n) is 8.36. The summed E-state index contributed by atoms with van der Waals surface area (Å²) in [5.41, 5.74) is 1.69. The third kappa shape index (κ3) is 6.74. The number of amides is 3. The monoisotopic (exact) mass is 570 g/mol. The van der Waals surface area contributed by atoms with E-state index in [0.29, 0.717) is 31.7 Å². The Morgan fingerprint density at radius 2 is 1.50 bits per heavy atom. The van der Waals surface area contributed by atoms with Gasteiger partial charge >= 0.3 is 5.97 Å². The summed E-state index contributed by atoms with van der Waals surface area (Å²) in [5.74, 6) is -2.51. The van der Waals surface area contributed by atoms with Crippen LogP contribution in [0.25, 0.3) is 0 Å². The van der Waals surface area contributed by atoms with Crippen LogP contribution in [0.1, 0.15) is 41.5 Å². The molecule has 0 aliphatic heterocycles. The van der Waals surface area contributed by atoms with Crippen LogP contribution in [-0.4, -0.2) is 34.6 Å². The van der Waals surface area contributed by atoms with Gasteiger partial charge in [-0.05, 0) is 55.0 Å². The lowest BCUT2D eigenvalue weighted by atomic mass is 10.1. The molecule has 4 rings (SSSR count). The Labute approximate surface area is 237 Å². The quantitative estimate of drug-likeness (QED) is 0.184. The van der Waals surface area contributed by atoms with Crippen molar-refractivity contribution in [2.75, 3.05) is 21.7 Å². The summed E-state index contributed by atoms with van der Waals surface area (Å²) in [6.07, 6.45) is 0. The van der Waals surface area contributed by atoms with Gasteiger partial charge in [-0.25, -0.2) is 4.79 Å². The first-order valence-electron chi connectivity index (χ1n) is 11.8. The molecular weight excluding hydrogens is 548 g/mol. The van der Waals surface area contributed by atoms with Gasteiger partial charge in [-0.3, -0.25) is 14.4 Å². The highest BCUT2D eigenvalue weighted by Gasteiger charge is 2.22. The number of hydrogen-bond acceptors (Lipinski definition) is 7. The topological polar surface area (TPSA) is 148 Å². The van der Waals surface area contributed by atoms with Crippen LogP contribution in [0.3, 0.4) is 0 Å². The van der Waals surface area contributed by atoms with Crippen molar-refractivity contribution < 1.29 is 24.3 Å². The molecule has 11 heteroatoms. The number of carboxylic acid groups (broad SMARTS) is 1. The van der Waals surface area contributed by atoms with Gasteiger partial charge in [-0.2, -0.15) is 5.26 Å². The maximum Gasteiger partial charge on any atom is 0.336 e. The number of anilines is 3. The largest absolute Gasteiger partial charge is 0.478 e. The van der Waals surface area contributed by atoms with Gasteiger partial charge < -0.3 is 21.1 Å². The number of hydrogen-bond donors (Lipinski definition) is 4. The van der Waals surface area contributed by atoms with Crippen molar-refractivity contribution in [3.8, 4) is 6.07 Å². The summed E-state index contributed by atoms with van der Waals surface area (Å²) in [4.78, 5) is 50.6. The van der Waals surface area contributed by atoms with Gasteiger partial charge in [0.2, 0.25) is 5.91 Å². The van der Waals surface area contributed by atoms with Crippen molar-refractivity contribution in [3.05, 3.63) is 106 Å². The summed E-state index contributed by atoms with van der Waals surface area (Å²) < 4.78 is 0. The zero-order chi connectivity index (χ0) is 28.6. The minimum atomic E-state index is -1.20. The molecule has 0 atom stereocenters. The highest BCUT2D eigenvalue weighted by Crippen LogP contribution is 2.33. The molecule has 200 valence electrons. The Morgan fingerprint density at radius 1 is 0.850 bits per heavy atom. The van der Waals surface area contributed by atoms with Crippen LogP contribution in [0.4, 0.5) is 16.4 Å². The second kappa shape index (κ2) is 12.8. The first kappa shape index (κ1) is 28.1. The van der Waals surface area contributed by atoms with E-state index in [1.165, 1.54) is 23.9 Å². The van der Waals surface area contributed by atoms with Gasteiger partial charge in [0.25, 0.3) is 11.8 Å². The van der Waals surface area contributed by atoms with E-state index in [4.69, 9.17) is 0 Å². The van der Waals surface area contributed by atoms with Gasteiger partial charge in [-0.15, -0.1) is 23.1 Å². The maximum absolute atomic E-state index is 12.8. The van der Waals surface area contributed by atoms with E-state index < -0.39 is 11.9 Å². The standard InChI is InChI=1S/C29H22N4O5S2/c1-17-23(15-30)28(40-25(17)27(36)31-18-8-3-2-4-9-18)33-24(34)16-39-20-11-7-10-19(14-20)32-26(35)21-12-5-6-13-22(21)29(37)38/h2-14H,16H2,1H3,(H,31,36)(H,32,35)(H,33,34)(H,37,38). The smallest absolute Gasteiger partial charge is 0.336 e. The lowest BCUT2D eigenvalue weighted by Crippen LogP contribution is -2.16. The van der Waals surface area contributed by atoms with Crippen LogP contribution < -0.4 is 16.0 Å². The first-order valence-corrected chi connectivity index (χ1v) is 13.6. The minimum absolute atomic E-state index is 0.00656. The number of aromatic carboxylic acids is 1. The van der Waals surface area contributed by atoms with E-state index in [0.717, 1.165) is 11.3 Å². The Hall–Kier alpha value is -4.92. The number of nitrogens with zero attached hydrogens (tertiary/aromatic N) is 1. The van der Waals surface area contributed by atoms with Crippen LogP contribution in [0.2, 0.25) is 0 Å². The normalized spacial score (nSPS) is 10.3. The maximum atomic E-state index is 12.8. The number of benzene rings is 3. The lowest BCUT2D eigenvalue weighted by molar-refractivity contribution is -0.113. The summed E-state index contributed by atoms with van der Waals surface area (Å²) in [6.45, 7) is 1.66. The molecule has 4 N–H and O–H groups in total. The van der Waals surface area contributed by atoms with E-state index >= 15 is 0 Å². The Kier molecular flexibility index (Phi) is 8.96. The second-order valence-corrected chi connectivity index (χ2v) is 10.4. The SMILES string of the molecule is Cc1c(C(=O)Nc2ccccc2)sc(NC(=O)CSc2cccc(NC(=O)c3ccccc3C(=O)O)c2)c1C#N. The lowest BCUT2D eigenvalue weighted by Gasteiger charge is -2.09. The highest BCUT2D eigenvalue weighted by atomic mass is 32.2. The van der Waals surface area contributed by atoms with Crippen molar-refractivity contribution in [1.29, 1.82) is 5.26 Å². The number of nitriles is 1. The number of carbonyl (C=O) groups excluding carboxylic acids is 3. The van der Waals surface area contributed by atoms with Gasteiger partial charge in [-0.1, -0.05) is 36.4 Å². The van der Waals surface area contributed by atoms with Crippen LogP contribution in [0.15, 0.2) is 83.8 Å². The molecule has 9 nitrogen and oxygen atoms in total. The molecule has 3 amide bonds. The van der Waals surface area contributed by atoms with Gasteiger partial charge in [0, 0.05) is 16.3 Å². The van der Waals surface area contributed by atoms with Gasteiger partial charge in [0.15, 0.2) is 0 Å². The molecule has 0 saturated heterocycles. The molecule has 0 spiro atoms. The molecule has 40 heavy (non-hydrogen) atoms. The Morgan fingerprint density at radius 3 is 2.20 bits per heavy atom. The fourth-order valence-electron chi connectivity index (χ4n) is 3.70. The number of thiophene rings is 1. The molecule has 1 heterocycles. The Balaban J connectivity index is 1.39. The van der Waals surface area contributed by atoms with E-state index in [-0.39, 0.29) is 34.3 Å². The van der Waals surface area contributed by atoms with Crippen molar-refractivity contribution >= 4 is 63.2 Å². The molecule has 0 saturated carbocycles. The zero-order valence-corrected chi connectivity index (χ0v) is 22.7. The number of rotatable bonds is 9. The molecule has 0 fully saturated rings. The van der Waals surface area contributed by atoms with Crippen molar-refractivity contribution in [3.63, 3.8) is 0 Å². The third-order valence-electron chi connectivity index (χ3n) is 5.61. The molecule has 4 aromatic rings. The molecule has 0 bridgehead atoms. The van der Waals surface area contributed by atoms with E-state index in [2.05, 4.69) is 22.0 Å².